The van der Waals surface area contributed by atoms with Gasteiger partial charge in [-0.05, 0) is 35.4 Å². The number of ether oxygens (including phenoxy) is 1. The van der Waals surface area contributed by atoms with Gasteiger partial charge in [-0.15, -0.1) is 11.8 Å². The van der Waals surface area contributed by atoms with Gasteiger partial charge in [-0.3, -0.25) is 4.90 Å². The van der Waals surface area contributed by atoms with Crippen LogP contribution in [0.4, 0.5) is 4.39 Å². The van der Waals surface area contributed by atoms with Crippen molar-refractivity contribution in [2.75, 3.05) is 19.7 Å². The molecule has 0 radical (unpaired) electrons. The molecule has 0 bridgehead atoms. The largest absolute Gasteiger partial charge is 0.374 e. The normalized spacial score (nSPS) is 18.5. The Morgan fingerprint density at radius 1 is 1.03 bits per heavy atom. The van der Waals surface area contributed by atoms with Crippen LogP contribution in [0.3, 0.4) is 0 Å². The number of hydrogen-bond donors (Lipinski definition) is 0. The van der Waals surface area contributed by atoms with Gasteiger partial charge in [0.1, 0.15) is 5.82 Å². The van der Waals surface area contributed by atoms with Gasteiger partial charge < -0.3 is 4.74 Å². The van der Waals surface area contributed by atoms with Gasteiger partial charge in [-0.25, -0.2) is 4.39 Å². The molecular weight excluding hydrogens is 405 g/mol. The maximum atomic E-state index is 14.0. The highest BCUT2D eigenvalue weighted by Gasteiger charge is 2.31. The molecule has 1 aliphatic rings. The summed E-state index contributed by atoms with van der Waals surface area (Å²) in [6.07, 6.45) is -0.0597. The third-order valence-corrected chi connectivity index (χ3v) is 6.91. The lowest BCUT2D eigenvalue weighted by Gasteiger charge is -2.37. The number of halogens is 2. The van der Waals surface area contributed by atoms with E-state index in [1.54, 1.807) is 23.9 Å². The first-order valence-electron chi connectivity index (χ1n) is 9.73. The number of hydrogen-bond acceptors (Lipinski definition) is 3. The maximum absolute atomic E-state index is 14.0. The second kappa shape index (κ2) is 9.77. The van der Waals surface area contributed by atoms with Gasteiger partial charge in [0.2, 0.25) is 0 Å². The summed E-state index contributed by atoms with van der Waals surface area (Å²) in [6, 6.07) is 25.0. The summed E-state index contributed by atoms with van der Waals surface area (Å²) in [7, 11) is 0. The Balaban J connectivity index is 1.57. The number of benzene rings is 3. The van der Waals surface area contributed by atoms with E-state index in [0.29, 0.717) is 11.6 Å². The van der Waals surface area contributed by atoms with Crippen LogP contribution in [0.1, 0.15) is 16.4 Å². The van der Waals surface area contributed by atoms with E-state index < -0.39 is 0 Å². The monoisotopic (exact) mass is 427 g/mol. The fourth-order valence-corrected chi connectivity index (χ4v) is 5.10. The Morgan fingerprint density at radius 2 is 1.83 bits per heavy atom. The van der Waals surface area contributed by atoms with E-state index >= 15 is 0 Å². The third kappa shape index (κ3) is 5.40. The first kappa shape index (κ1) is 20.4. The molecule has 0 saturated carbocycles. The molecule has 2 atom stereocenters. The van der Waals surface area contributed by atoms with Gasteiger partial charge in [-0.2, -0.15) is 0 Å². The van der Waals surface area contributed by atoms with Crippen molar-refractivity contribution < 1.29 is 9.13 Å². The smallest absolute Gasteiger partial charge is 0.123 e. The van der Waals surface area contributed by atoms with Gasteiger partial charge in [0.25, 0.3) is 0 Å². The Labute approximate surface area is 180 Å². The van der Waals surface area contributed by atoms with E-state index in [0.717, 1.165) is 30.1 Å². The van der Waals surface area contributed by atoms with Gasteiger partial charge in [0.15, 0.2) is 0 Å². The summed E-state index contributed by atoms with van der Waals surface area (Å²) in [5.74, 6) is -0.232. The van der Waals surface area contributed by atoms with Crippen molar-refractivity contribution in [1.29, 1.82) is 0 Å². The summed E-state index contributed by atoms with van der Waals surface area (Å²) in [5, 5.41) is 0.653. The second-order valence-corrected chi connectivity index (χ2v) is 8.74. The molecule has 3 aromatic rings. The fourth-order valence-electron chi connectivity index (χ4n) is 3.62. The summed E-state index contributed by atoms with van der Waals surface area (Å²) >= 11 is 8.06. The SMILES string of the molecule is Fc1cccc([C@@H](Sc2ccccc2Cl)[C@H]2CN(Cc3ccccc3)CCO2)c1. The molecule has 0 amide bonds. The van der Waals surface area contributed by atoms with Gasteiger partial charge in [0.05, 0.1) is 23.0 Å². The summed E-state index contributed by atoms with van der Waals surface area (Å²) in [5.41, 5.74) is 2.20. The minimum Gasteiger partial charge on any atom is -0.374 e. The Hall–Kier alpha value is -1.85. The highest BCUT2D eigenvalue weighted by Crippen LogP contribution is 2.42. The number of thioether (sulfide) groups is 1. The molecule has 29 heavy (non-hydrogen) atoms. The van der Waals surface area contributed by atoms with Crippen LogP contribution < -0.4 is 0 Å². The average molecular weight is 428 g/mol. The fraction of sp³-hybridized carbons (Fsp3) is 0.250. The van der Waals surface area contributed by atoms with Crippen LogP contribution in [-0.4, -0.2) is 30.7 Å². The molecular formula is C24H23ClFNOS. The van der Waals surface area contributed by atoms with Crippen LogP contribution in [0.15, 0.2) is 83.8 Å². The third-order valence-electron chi connectivity index (χ3n) is 5.03. The highest BCUT2D eigenvalue weighted by molar-refractivity contribution is 7.99. The van der Waals surface area contributed by atoms with Crippen LogP contribution >= 0.6 is 23.4 Å². The van der Waals surface area contributed by atoms with Crippen LogP contribution in [0.2, 0.25) is 5.02 Å². The molecule has 1 saturated heterocycles. The zero-order valence-electron chi connectivity index (χ0n) is 16.0. The molecule has 1 heterocycles. The molecule has 0 N–H and O–H groups in total. The van der Waals surface area contributed by atoms with E-state index in [1.165, 1.54) is 11.6 Å². The van der Waals surface area contributed by atoms with Crippen molar-refractivity contribution in [2.45, 2.75) is 22.8 Å². The Morgan fingerprint density at radius 3 is 2.62 bits per heavy atom. The van der Waals surface area contributed by atoms with Crippen molar-refractivity contribution >= 4 is 23.4 Å². The van der Waals surface area contributed by atoms with E-state index in [2.05, 4.69) is 29.2 Å². The van der Waals surface area contributed by atoms with E-state index in [-0.39, 0.29) is 17.2 Å². The maximum Gasteiger partial charge on any atom is 0.123 e. The predicted molar refractivity (Wildman–Crippen MR) is 118 cm³/mol. The van der Waals surface area contributed by atoms with Crippen molar-refractivity contribution in [3.05, 3.63) is 101 Å². The molecule has 150 valence electrons. The van der Waals surface area contributed by atoms with Crippen LogP contribution in [0.5, 0.6) is 0 Å². The number of nitrogens with zero attached hydrogens (tertiary/aromatic N) is 1. The Bertz CT molecular complexity index is 939. The van der Waals surface area contributed by atoms with Crippen molar-refractivity contribution in [3.8, 4) is 0 Å². The molecule has 2 nitrogen and oxygen atoms in total. The van der Waals surface area contributed by atoms with Gasteiger partial charge >= 0.3 is 0 Å². The molecule has 5 heteroatoms. The molecule has 3 aromatic carbocycles. The average Bonchev–Trinajstić information content (AvgIpc) is 2.74. The summed E-state index contributed by atoms with van der Waals surface area (Å²) in [4.78, 5) is 3.38. The predicted octanol–water partition coefficient (Wildman–Crippen LogP) is 6.21. The first-order chi connectivity index (χ1) is 14.2. The number of morpholine rings is 1. The summed E-state index contributed by atoms with van der Waals surface area (Å²) in [6.45, 7) is 3.21. The minimum absolute atomic E-state index is 0.0517. The van der Waals surface area contributed by atoms with Crippen molar-refractivity contribution in [3.63, 3.8) is 0 Å². The van der Waals surface area contributed by atoms with Crippen LogP contribution in [-0.2, 0) is 11.3 Å². The lowest BCUT2D eigenvalue weighted by Crippen LogP contribution is -2.44. The Kier molecular flexibility index (Phi) is 6.88. The molecule has 0 aliphatic carbocycles. The van der Waals surface area contributed by atoms with Crippen LogP contribution in [0.25, 0.3) is 0 Å². The van der Waals surface area contributed by atoms with Crippen molar-refractivity contribution in [2.24, 2.45) is 0 Å². The topological polar surface area (TPSA) is 12.5 Å². The lowest BCUT2D eigenvalue weighted by molar-refractivity contribution is -0.0320. The summed E-state index contributed by atoms with van der Waals surface area (Å²) < 4.78 is 20.2. The van der Waals surface area contributed by atoms with Crippen LogP contribution in [0, 0.1) is 5.82 Å². The molecule has 1 fully saturated rings. The molecule has 0 spiro atoms. The van der Waals surface area contributed by atoms with Gasteiger partial charge in [-0.1, -0.05) is 66.2 Å². The molecule has 0 unspecified atom stereocenters. The molecule has 4 rings (SSSR count). The van der Waals surface area contributed by atoms with E-state index in [4.69, 9.17) is 16.3 Å². The zero-order chi connectivity index (χ0) is 20.1. The lowest BCUT2D eigenvalue weighted by atomic mass is 10.1. The molecule has 0 aromatic heterocycles. The van der Waals surface area contributed by atoms with E-state index in [9.17, 15) is 4.39 Å². The minimum atomic E-state index is -0.232. The van der Waals surface area contributed by atoms with E-state index in [1.807, 2.05) is 36.4 Å². The van der Waals surface area contributed by atoms with Gasteiger partial charge in [0, 0.05) is 24.5 Å². The second-order valence-electron chi connectivity index (χ2n) is 7.15. The van der Waals surface area contributed by atoms with Crippen molar-refractivity contribution in [1.82, 2.24) is 4.90 Å². The molecule has 1 aliphatic heterocycles. The quantitative estimate of drug-likeness (QED) is 0.433. The number of rotatable bonds is 6. The first-order valence-corrected chi connectivity index (χ1v) is 11.0. The standard InChI is InChI=1S/C24H23ClFNOS/c25-21-11-4-5-12-23(21)29-24(19-9-6-10-20(26)15-19)22-17-27(13-14-28-22)16-18-7-2-1-3-8-18/h1-12,15,22,24H,13-14,16-17H2/t22-,24-/m1/s1. The zero-order valence-corrected chi connectivity index (χ0v) is 17.6. The highest BCUT2D eigenvalue weighted by atomic mass is 35.5.